The molecule has 0 aromatic heterocycles. The van der Waals surface area contributed by atoms with E-state index in [4.69, 9.17) is 9.47 Å². The number of hydrogen-bond donors (Lipinski definition) is 1. The molecular formula is C24H25IN2O5S. The average molecular weight is 580 g/mol. The van der Waals surface area contributed by atoms with Gasteiger partial charge in [0.1, 0.15) is 6.54 Å². The second-order valence-electron chi connectivity index (χ2n) is 7.20. The molecule has 0 fully saturated rings. The number of sulfonamides is 1. The monoisotopic (exact) mass is 580 g/mol. The molecule has 0 unspecified atom stereocenters. The highest BCUT2D eigenvalue weighted by atomic mass is 127. The summed E-state index contributed by atoms with van der Waals surface area (Å²) in [6, 6.07) is 20.0. The Morgan fingerprint density at radius 1 is 0.970 bits per heavy atom. The Labute approximate surface area is 207 Å². The number of amides is 1. The molecule has 1 N–H and O–H groups in total. The van der Waals surface area contributed by atoms with Crippen LogP contribution in [0.3, 0.4) is 0 Å². The van der Waals surface area contributed by atoms with E-state index in [0.29, 0.717) is 17.2 Å². The standard InChI is InChI=1S/C24H25IN2O5S/c1-17(18-9-14-22(31-2)23(15-18)32-3)26-24(28)16-27(20-12-10-19(25)11-13-20)33(29,30)21-7-5-4-6-8-21/h4-15,17H,16H2,1-3H3,(H,26,28)/t17-/m0/s1. The smallest absolute Gasteiger partial charge is 0.264 e. The quantitative estimate of drug-likeness (QED) is 0.380. The van der Waals surface area contributed by atoms with E-state index >= 15 is 0 Å². The van der Waals surface area contributed by atoms with Crippen molar-refractivity contribution in [2.24, 2.45) is 0 Å². The lowest BCUT2D eigenvalue weighted by Gasteiger charge is -2.25. The van der Waals surface area contributed by atoms with Gasteiger partial charge >= 0.3 is 0 Å². The summed E-state index contributed by atoms with van der Waals surface area (Å²) in [6.45, 7) is 1.45. The fourth-order valence-corrected chi connectivity index (χ4v) is 5.07. The number of anilines is 1. The summed E-state index contributed by atoms with van der Waals surface area (Å²) in [4.78, 5) is 13.1. The molecule has 3 rings (SSSR count). The molecule has 0 radical (unpaired) electrons. The number of nitrogens with one attached hydrogen (secondary N) is 1. The SMILES string of the molecule is COc1ccc([C@H](C)NC(=O)CN(c2ccc(I)cc2)S(=O)(=O)c2ccccc2)cc1OC. The van der Waals surface area contributed by atoms with Gasteiger partial charge in [-0.25, -0.2) is 8.42 Å². The molecule has 0 aliphatic heterocycles. The maximum absolute atomic E-state index is 13.4. The van der Waals surface area contributed by atoms with Gasteiger partial charge in [-0.2, -0.15) is 0 Å². The maximum Gasteiger partial charge on any atom is 0.264 e. The summed E-state index contributed by atoms with van der Waals surface area (Å²) in [5.41, 5.74) is 1.21. The molecular weight excluding hydrogens is 555 g/mol. The maximum atomic E-state index is 13.4. The predicted molar refractivity (Wildman–Crippen MR) is 136 cm³/mol. The number of ether oxygens (including phenoxy) is 2. The molecule has 0 aliphatic rings. The van der Waals surface area contributed by atoms with Crippen LogP contribution in [0.2, 0.25) is 0 Å². The number of halogens is 1. The van der Waals surface area contributed by atoms with Crippen molar-refractivity contribution in [2.75, 3.05) is 25.1 Å². The summed E-state index contributed by atoms with van der Waals surface area (Å²) in [7, 11) is -0.858. The summed E-state index contributed by atoms with van der Waals surface area (Å²) in [5.74, 6) is 0.692. The van der Waals surface area contributed by atoms with Gasteiger partial charge in [0.25, 0.3) is 10.0 Å². The van der Waals surface area contributed by atoms with Crippen molar-refractivity contribution in [3.05, 3.63) is 81.9 Å². The van der Waals surface area contributed by atoms with Gasteiger partial charge in [0.2, 0.25) is 5.91 Å². The highest BCUT2D eigenvalue weighted by Gasteiger charge is 2.27. The van der Waals surface area contributed by atoms with Crippen molar-refractivity contribution in [3.8, 4) is 11.5 Å². The predicted octanol–water partition coefficient (Wildman–Crippen LogP) is 4.38. The lowest BCUT2D eigenvalue weighted by atomic mass is 10.1. The molecule has 3 aromatic carbocycles. The molecule has 0 saturated carbocycles. The van der Waals surface area contributed by atoms with Crippen LogP contribution < -0.4 is 19.1 Å². The Balaban J connectivity index is 1.85. The molecule has 0 bridgehead atoms. The molecule has 1 atom stereocenters. The highest BCUT2D eigenvalue weighted by Crippen LogP contribution is 2.30. The Hall–Kier alpha value is -2.79. The molecule has 0 aliphatic carbocycles. The number of nitrogens with zero attached hydrogens (tertiary/aromatic N) is 1. The number of methoxy groups -OCH3 is 2. The van der Waals surface area contributed by atoms with E-state index in [1.165, 1.54) is 19.2 Å². The van der Waals surface area contributed by atoms with E-state index in [2.05, 4.69) is 27.9 Å². The Bertz CT molecular complexity index is 1200. The number of benzene rings is 3. The van der Waals surface area contributed by atoms with E-state index < -0.39 is 15.9 Å². The summed E-state index contributed by atoms with van der Waals surface area (Å²) in [6.07, 6.45) is 0. The lowest BCUT2D eigenvalue weighted by Crippen LogP contribution is -2.41. The summed E-state index contributed by atoms with van der Waals surface area (Å²) < 4.78 is 39.4. The lowest BCUT2D eigenvalue weighted by molar-refractivity contribution is -0.120. The van der Waals surface area contributed by atoms with Crippen LogP contribution in [0.25, 0.3) is 0 Å². The van der Waals surface area contributed by atoms with Gasteiger partial charge in [-0.1, -0.05) is 24.3 Å². The van der Waals surface area contributed by atoms with E-state index in [1.807, 2.05) is 13.0 Å². The number of carbonyl (C=O) groups excluding carboxylic acids is 1. The van der Waals surface area contributed by atoms with Gasteiger partial charge in [-0.05, 0) is 83.6 Å². The van der Waals surface area contributed by atoms with Gasteiger partial charge in [-0.15, -0.1) is 0 Å². The van der Waals surface area contributed by atoms with Crippen LogP contribution in [-0.4, -0.2) is 35.1 Å². The second-order valence-corrected chi connectivity index (χ2v) is 10.3. The number of rotatable bonds is 9. The van der Waals surface area contributed by atoms with Crippen LogP contribution >= 0.6 is 22.6 Å². The topological polar surface area (TPSA) is 84.9 Å². The van der Waals surface area contributed by atoms with Gasteiger partial charge in [0.15, 0.2) is 11.5 Å². The first kappa shape index (κ1) is 24.8. The van der Waals surface area contributed by atoms with Crippen LogP contribution in [-0.2, 0) is 14.8 Å². The van der Waals surface area contributed by atoms with Crippen LogP contribution in [0.15, 0.2) is 77.7 Å². The van der Waals surface area contributed by atoms with Crippen molar-refractivity contribution >= 4 is 44.2 Å². The molecule has 1 amide bonds. The van der Waals surface area contributed by atoms with Gasteiger partial charge < -0.3 is 14.8 Å². The number of hydrogen-bond acceptors (Lipinski definition) is 5. The third-order valence-corrected chi connectivity index (χ3v) is 7.53. The van der Waals surface area contributed by atoms with Crippen molar-refractivity contribution in [1.82, 2.24) is 5.32 Å². The normalized spacial score (nSPS) is 12.0. The van der Waals surface area contributed by atoms with Crippen molar-refractivity contribution in [2.45, 2.75) is 17.9 Å². The highest BCUT2D eigenvalue weighted by molar-refractivity contribution is 14.1. The van der Waals surface area contributed by atoms with Crippen LogP contribution in [0.4, 0.5) is 5.69 Å². The molecule has 0 heterocycles. The minimum Gasteiger partial charge on any atom is -0.493 e. The van der Waals surface area contributed by atoms with Crippen molar-refractivity contribution in [1.29, 1.82) is 0 Å². The fourth-order valence-electron chi connectivity index (χ4n) is 3.27. The van der Waals surface area contributed by atoms with Crippen LogP contribution in [0, 0.1) is 3.57 Å². The zero-order chi connectivity index (χ0) is 24.0. The molecule has 9 heteroatoms. The third kappa shape index (κ3) is 5.97. The average Bonchev–Trinajstić information content (AvgIpc) is 2.83. The Kier molecular flexibility index (Phi) is 8.20. The van der Waals surface area contributed by atoms with Crippen molar-refractivity contribution in [3.63, 3.8) is 0 Å². The molecule has 3 aromatic rings. The van der Waals surface area contributed by atoms with Gasteiger partial charge in [0, 0.05) is 3.57 Å². The molecule has 0 spiro atoms. The largest absolute Gasteiger partial charge is 0.493 e. The molecule has 0 saturated heterocycles. The zero-order valence-corrected chi connectivity index (χ0v) is 21.5. The zero-order valence-electron chi connectivity index (χ0n) is 18.5. The van der Waals surface area contributed by atoms with E-state index in [9.17, 15) is 13.2 Å². The first-order valence-electron chi connectivity index (χ1n) is 10.1. The van der Waals surface area contributed by atoms with Crippen LogP contribution in [0.1, 0.15) is 18.5 Å². The Morgan fingerprint density at radius 2 is 1.61 bits per heavy atom. The summed E-state index contributed by atoms with van der Waals surface area (Å²) in [5, 5.41) is 2.88. The minimum absolute atomic E-state index is 0.115. The summed E-state index contributed by atoms with van der Waals surface area (Å²) >= 11 is 2.14. The van der Waals surface area contributed by atoms with Crippen LogP contribution in [0.5, 0.6) is 11.5 Å². The number of carbonyl (C=O) groups is 1. The first-order valence-corrected chi connectivity index (χ1v) is 12.6. The first-order chi connectivity index (χ1) is 15.8. The van der Waals surface area contributed by atoms with E-state index in [-0.39, 0.29) is 17.5 Å². The Morgan fingerprint density at radius 3 is 2.21 bits per heavy atom. The van der Waals surface area contributed by atoms with Gasteiger partial charge in [0.05, 0.1) is 30.8 Å². The molecule has 174 valence electrons. The minimum atomic E-state index is -3.95. The van der Waals surface area contributed by atoms with Gasteiger partial charge in [-0.3, -0.25) is 9.10 Å². The van der Waals surface area contributed by atoms with Crippen molar-refractivity contribution < 1.29 is 22.7 Å². The molecule has 33 heavy (non-hydrogen) atoms. The van der Waals surface area contributed by atoms with E-state index in [0.717, 1.165) is 13.4 Å². The third-order valence-electron chi connectivity index (χ3n) is 5.02. The molecule has 7 nitrogen and oxygen atoms in total. The second kappa shape index (κ2) is 10.9. The fraction of sp³-hybridized carbons (Fsp3) is 0.208. The van der Waals surface area contributed by atoms with E-state index in [1.54, 1.807) is 61.7 Å².